The van der Waals surface area contributed by atoms with Gasteiger partial charge in [0.05, 0.1) is 0 Å². The Labute approximate surface area is 204 Å². The van der Waals surface area contributed by atoms with Crippen LogP contribution in [0.15, 0.2) is 11.1 Å². The van der Waals surface area contributed by atoms with E-state index in [1.807, 2.05) is 0 Å². The van der Waals surface area contributed by atoms with E-state index < -0.39 is 109 Å². The summed E-state index contributed by atoms with van der Waals surface area (Å²) in [5, 5.41) is 0. The Morgan fingerprint density at radius 2 is 0.692 bits per heavy atom. The minimum Gasteiger partial charge on any atom is -0.386 e. The monoisotopic (exact) mass is 618 g/mol. The molecule has 0 unspecified atom stereocenters. The lowest BCUT2D eigenvalue weighted by atomic mass is 9.93. The minimum atomic E-state index is -7.23. The molecule has 0 atom stereocenters. The second kappa shape index (κ2) is 10.2. The van der Waals surface area contributed by atoms with Crippen LogP contribution in [0.4, 0.5) is 79.0 Å². The number of esters is 2. The highest BCUT2D eigenvalue weighted by Crippen LogP contribution is 2.55. The molecule has 0 aliphatic carbocycles. The van der Waals surface area contributed by atoms with Gasteiger partial charge in [0.2, 0.25) is 0 Å². The molecule has 1 heterocycles. The first kappa shape index (κ1) is 34.6. The summed E-state index contributed by atoms with van der Waals surface area (Å²) in [6.45, 7) is 0. The lowest BCUT2D eigenvalue weighted by Crippen LogP contribution is -2.60. The summed E-state index contributed by atoms with van der Waals surface area (Å²) in [6, 6.07) is 0. The molecule has 1 rings (SSSR count). The van der Waals surface area contributed by atoms with E-state index in [1.165, 1.54) is 0 Å². The van der Waals surface area contributed by atoms with Gasteiger partial charge in [-0.1, -0.05) is 0 Å². The Hall–Kier alpha value is -2.38. The molecule has 1 aliphatic rings. The van der Waals surface area contributed by atoms with Crippen molar-refractivity contribution in [3.63, 3.8) is 0 Å². The number of alkyl halides is 18. The predicted octanol–water partition coefficient (Wildman–Crippen LogP) is 7.64. The number of hydrogen-bond donors (Lipinski definition) is 0. The maximum atomic E-state index is 13.6. The quantitative estimate of drug-likeness (QED) is 0.128. The van der Waals surface area contributed by atoms with Crippen molar-refractivity contribution in [2.24, 2.45) is 0 Å². The van der Waals surface area contributed by atoms with E-state index in [2.05, 4.69) is 4.74 Å². The molecule has 0 saturated heterocycles. The van der Waals surface area contributed by atoms with Crippen molar-refractivity contribution in [2.75, 3.05) is 0 Å². The molecular weight excluding hydrogens is 606 g/mol. The van der Waals surface area contributed by atoms with Crippen LogP contribution in [-0.4, -0.2) is 59.8 Å². The number of carbonyl (C=O) groups is 2. The smallest absolute Gasteiger partial charge is 0.386 e. The van der Waals surface area contributed by atoms with Crippen molar-refractivity contribution in [1.82, 2.24) is 0 Å². The molecule has 0 fully saturated rings. The van der Waals surface area contributed by atoms with E-state index >= 15 is 0 Å². The highest BCUT2D eigenvalue weighted by molar-refractivity contribution is 6.12. The molecule has 0 saturated carbocycles. The molecular formula is C18H12F18O3. The van der Waals surface area contributed by atoms with Gasteiger partial charge in [-0.25, -0.2) is 9.59 Å². The standard InChI is InChI=1S/C18H12F18O3/c19-11(20,13(23,24)15(27,28)17(31,32)33)5-1-3-7-8(10(38)39-9(7)37)4-2-6-12(21,22)14(25,26)16(29,30)18(34,35)36/h1-6H2. The zero-order chi connectivity index (χ0) is 31.3. The summed E-state index contributed by atoms with van der Waals surface area (Å²) in [7, 11) is 0. The third-order valence-electron chi connectivity index (χ3n) is 5.30. The van der Waals surface area contributed by atoms with Crippen molar-refractivity contribution in [3.05, 3.63) is 11.1 Å². The summed E-state index contributed by atoms with van der Waals surface area (Å²) in [5.41, 5.74) is -2.25. The number of rotatable bonds is 12. The zero-order valence-corrected chi connectivity index (χ0v) is 18.3. The van der Waals surface area contributed by atoms with Gasteiger partial charge in [0.15, 0.2) is 0 Å². The molecule has 0 aromatic rings. The maximum absolute atomic E-state index is 13.6. The molecule has 0 N–H and O–H groups in total. The van der Waals surface area contributed by atoms with Crippen molar-refractivity contribution < 1.29 is 93.4 Å². The average molecular weight is 618 g/mol. The lowest BCUT2D eigenvalue weighted by Gasteiger charge is -2.33. The van der Waals surface area contributed by atoms with E-state index in [9.17, 15) is 88.6 Å². The van der Waals surface area contributed by atoms with Crippen LogP contribution in [0.5, 0.6) is 0 Å². The fraction of sp³-hybridized carbons (Fsp3) is 0.778. The van der Waals surface area contributed by atoms with Gasteiger partial charge in [0, 0.05) is 24.0 Å². The second-order valence-corrected chi connectivity index (χ2v) is 8.04. The molecule has 228 valence electrons. The summed E-state index contributed by atoms with van der Waals surface area (Å²) in [5.74, 6) is -44.2. The van der Waals surface area contributed by atoms with E-state index in [0.29, 0.717) is 0 Å². The molecule has 21 heteroatoms. The minimum absolute atomic E-state index is 1.13. The van der Waals surface area contributed by atoms with Crippen molar-refractivity contribution >= 4 is 11.9 Å². The molecule has 0 aromatic heterocycles. The predicted molar refractivity (Wildman–Crippen MR) is 87.6 cm³/mol. The van der Waals surface area contributed by atoms with E-state index in [1.54, 1.807) is 0 Å². The molecule has 0 amide bonds. The third-order valence-corrected chi connectivity index (χ3v) is 5.30. The summed E-state index contributed by atoms with van der Waals surface area (Å²) in [6.07, 6.45) is -25.0. The molecule has 1 aliphatic heterocycles. The Morgan fingerprint density at radius 1 is 0.436 bits per heavy atom. The number of halogens is 18. The third kappa shape index (κ3) is 6.04. The van der Waals surface area contributed by atoms with Gasteiger partial charge in [-0.3, -0.25) is 0 Å². The van der Waals surface area contributed by atoms with Gasteiger partial charge < -0.3 is 4.74 Å². The largest absolute Gasteiger partial charge is 0.460 e. The van der Waals surface area contributed by atoms with Gasteiger partial charge >= 0.3 is 59.8 Å². The SMILES string of the molecule is O=C1OC(=O)C(CCCC(F)(F)C(F)(F)C(F)(F)C(F)(F)F)=C1CCCC(F)(F)C(F)(F)C(F)(F)C(F)(F)F. The van der Waals surface area contributed by atoms with Crippen molar-refractivity contribution in [3.8, 4) is 0 Å². The molecule has 0 radical (unpaired) electrons. The van der Waals surface area contributed by atoms with Gasteiger partial charge in [-0.15, -0.1) is 0 Å². The zero-order valence-electron chi connectivity index (χ0n) is 18.3. The van der Waals surface area contributed by atoms with E-state index in [-0.39, 0.29) is 0 Å². The highest BCUT2D eigenvalue weighted by atomic mass is 19.4. The molecule has 39 heavy (non-hydrogen) atoms. The Bertz CT molecular complexity index is 897. The van der Waals surface area contributed by atoms with Crippen LogP contribution in [0.25, 0.3) is 0 Å². The van der Waals surface area contributed by atoms with Crippen LogP contribution in [0, 0.1) is 0 Å². The van der Waals surface area contributed by atoms with Crippen LogP contribution in [0.1, 0.15) is 38.5 Å². The molecule has 3 nitrogen and oxygen atoms in total. The Morgan fingerprint density at radius 3 is 0.923 bits per heavy atom. The van der Waals surface area contributed by atoms with Crippen LogP contribution in [0.2, 0.25) is 0 Å². The van der Waals surface area contributed by atoms with E-state index in [0.717, 1.165) is 0 Å². The number of hydrogen-bond acceptors (Lipinski definition) is 3. The first-order chi connectivity index (χ1) is 17.0. The fourth-order valence-corrected chi connectivity index (χ4v) is 3.06. The first-order valence-corrected chi connectivity index (χ1v) is 9.88. The van der Waals surface area contributed by atoms with Gasteiger partial charge in [0.25, 0.3) is 0 Å². The average Bonchev–Trinajstić information content (AvgIpc) is 2.98. The van der Waals surface area contributed by atoms with Crippen LogP contribution < -0.4 is 0 Å². The first-order valence-electron chi connectivity index (χ1n) is 9.88. The molecule has 0 bridgehead atoms. The van der Waals surface area contributed by atoms with Gasteiger partial charge in [-0.05, 0) is 25.7 Å². The number of cyclic esters (lactones) is 2. The normalized spacial score (nSPS) is 17.3. The van der Waals surface area contributed by atoms with Gasteiger partial charge in [-0.2, -0.15) is 79.0 Å². The topological polar surface area (TPSA) is 43.4 Å². The van der Waals surface area contributed by atoms with Gasteiger partial charge in [0.1, 0.15) is 0 Å². The van der Waals surface area contributed by atoms with E-state index in [4.69, 9.17) is 0 Å². The van der Waals surface area contributed by atoms with Crippen LogP contribution >= 0.6 is 0 Å². The maximum Gasteiger partial charge on any atom is 0.460 e. The summed E-state index contributed by atoms with van der Waals surface area (Å²) >= 11 is 0. The Kier molecular flexibility index (Phi) is 9.08. The number of carbonyl (C=O) groups excluding carboxylic acids is 2. The van der Waals surface area contributed by atoms with Crippen LogP contribution in [0.3, 0.4) is 0 Å². The van der Waals surface area contributed by atoms with Crippen LogP contribution in [-0.2, 0) is 14.3 Å². The summed E-state index contributed by atoms with van der Waals surface area (Å²) in [4.78, 5) is 23.2. The second-order valence-electron chi connectivity index (χ2n) is 8.04. The lowest BCUT2D eigenvalue weighted by molar-refractivity contribution is -0.396. The van der Waals surface area contributed by atoms with Crippen molar-refractivity contribution in [1.29, 1.82) is 0 Å². The fourth-order valence-electron chi connectivity index (χ4n) is 3.06. The molecule has 0 spiro atoms. The summed E-state index contributed by atoms with van der Waals surface area (Å²) < 4.78 is 235. The van der Waals surface area contributed by atoms with Crippen molar-refractivity contribution in [2.45, 2.75) is 86.4 Å². The molecule has 0 aromatic carbocycles. The highest BCUT2D eigenvalue weighted by Gasteiger charge is 2.82. The number of ether oxygens (including phenoxy) is 1. The Balaban J connectivity index is 3.03.